The van der Waals surface area contributed by atoms with Gasteiger partial charge in [0, 0.05) is 34.2 Å². The van der Waals surface area contributed by atoms with Gasteiger partial charge in [-0.25, -0.2) is 9.98 Å². The van der Waals surface area contributed by atoms with Crippen molar-refractivity contribution < 1.29 is 5.11 Å². The fourth-order valence-corrected chi connectivity index (χ4v) is 4.68. The standard InChI is InChI=1S/C27H25BrN6O/c28-20-9-7-19(8-10-20)23(18-4-2-1-3-5-18)31-27-32-25(30-21-11-12-21)24-26(33-27)34(16-29-24)22-13-6-17(14-22)15-35/h1-10,13,16-17,21-22,35H,11-12,14-15H2,(H,30,32,33)/b31-23+/t17-,22+/m1/s1. The van der Waals surface area contributed by atoms with Gasteiger partial charge in [0.1, 0.15) is 0 Å². The number of hydrogen-bond acceptors (Lipinski definition) is 6. The Morgan fingerprint density at radius 1 is 1.03 bits per heavy atom. The van der Waals surface area contributed by atoms with Crippen molar-refractivity contribution in [3.63, 3.8) is 0 Å². The summed E-state index contributed by atoms with van der Waals surface area (Å²) in [5.74, 6) is 1.27. The van der Waals surface area contributed by atoms with Gasteiger partial charge in [-0.2, -0.15) is 9.97 Å². The molecule has 0 radical (unpaired) electrons. The van der Waals surface area contributed by atoms with Gasteiger partial charge in [-0.05, 0) is 31.4 Å². The summed E-state index contributed by atoms with van der Waals surface area (Å²) in [4.78, 5) is 19.3. The van der Waals surface area contributed by atoms with Crippen molar-refractivity contribution in [3.8, 4) is 0 Å². The lowest BCUT2D eigenvalue weighted by Crippen LogP contribution is -2.09. The fraction of sp³-hybridized carbons (Fsp3) is 0.259. The number of fused-ring (bicyclic) bond motifs is 1. The van der Waals surface area contributed by atoms with Crippen LogP contribution < -0.4 is 5.32 Å². The summed E-state index contributed by atoms with van der Waals surface area (Å²) in [6, 6.07) is 18.7. The average Bonchev–Trinajstić information content (AvgIpc) is 3.39. The second kappa shape index (κ2) is 9.36. The molecule has 7 nitrogen and oxygen atoms in total. The minimum atomic E-state index is 0.0951. The number of aliphatic hydroxyl groups excluding tert-OH is 1. The lowest BCUT2D eigenvalue weighted by molar-refractivity contribution is 0.244. The Kier molecular flexibility index (Phi) is 5.91. The van der Waals surface area contributed by atoms with Crippen molar-refractivity contribution >= 4 is 44.6 Å². The maximum absolute atomic E-state index is 9.59. The molecule has 0 aliphatic heterocycles. The zero-order valence-corrected chi connectivity index (χ0v) is 20.6. The fourth-order valence-electron chi connectivity index (χ4n) is 4.41. The Hall–Kier alpha value is -3.36. The third kappa shape index (κ3) is 4.63. The number of aliphatic hydroxyl groups is 1. The smallest absolute Gasteiger partial charge is 0.254 e. The molecule has 0 amide bonds. The SMILES string of the molecule is OC[C@@H]1C=C[C@H](n2cnc3c(NC4CC4)nc(/N=C(\c4ccccc4)c4ccc(Br)cc4)nc32)C1. The van der Waals surface area contributed by atoms with Gasteiger partial charge in [0.05, 0.1) is 18.1 Å². The number of nitrogens with zero attached hydrogens (tertiary/aromatic N) is 5. The Morgan fingerprint density at radius 2 is 1.80 bits per heavy atom. The van der Waals surface area contributed by atoms with Gasteiger partial charge < -0.3 is 15.0 Å². The van der Waals surface area contributed by atoms with E-state index in [0.29, 0.717) is 12.0 Å². The molecule has 8 heteroatoms. The number of allylic oxidation sites excluding steroid dienone is 1. The quantitative estimate of drug-likeness (QED) is 0.246. The number of imidazole rings is 1. The Morgan fingerprint density at radius 3 is 2.51 bits per heavy atom. The molecule has 0 bridgehead atoms. The topological polar surface area (TPSA) is 88.2 Å². The van der Waals surface area contributed by atoms with Gasteiger partial charge in [0.15, 0.2) is 17.0 Å². The molecule has 2 N–H and O–H groups in total. The second-order valence-corrected chi connectivity index (χ2v) is 9.99. The van der Waals surface area contributed by atoms with Crippen molar-refractivity contribution in [1.29, 1.82) is 0 Å². The maximum atomic E-state index is 9.59. The van der Waals surface area contributed by atoms with E-state index in [-0.39, 0.29) is 18.6 Å². The molecule has 2 aromatic heterocycles. The van der Waals surface area contributed by atoms with Crippen LogP contribution in [0.1, 0.15) is 36.4 Å². The minimum Gasteiger partial charge on any atom is -0.396 e. The number of anilines is 1. The van der Waals surface area contributed by atoms with E-state index < -0.39 is 0 Å². The zero-order chi connectivity index (χ0) is 23.8. The molecule has 0 spiro atoms. The second-order valence-electron chi connectivity index (χ2n) is 9.08. The number of halogens is 1. The molecule has 2 aliphatic carbocycles. The molecule has 4 aromatic rings. The lowest BCUT2D eigenvalue weighted by Gasteiger charge is -2.13. The first kappa shape index (κ1) is 22.1. The Labute approximate surface area is 211 Å². The van der Waals surface area contributed by atoms with Crippen LogP contribution in [0.2, 0.25) is 0 Å². The number of aliphatic imine (C=N–C) groups is 1. The molecule has 35 heavy (non-hydrogen) atoms. The third-order valence-electron chi connectivity index (χ3n) is 6.45. The largest absolute Gasteiger partial charge is 0.396 e. The van der Waals surface area contributed by atoms with Gasteiger partial charge in [-0.15, -0.1) is 0 Å². The molecule has 1 fully saturated rings. The maximum Gasteiger partial charge on any atom is 0.254 e. The molecule has 176 valence electrons. The summed E-state index contributed by atoms with van der Waals surface area (Å²) >= 11 is 3.52. The van der Waals surface area contributed by atoms with E-state index in [1.54, 1.807) is 0 Å². The molecule has 2 aromatic carbocycles. The molecular formula is C27H25BrN6O. The number of hydrogen-bond donors (Lipinski definition) is 2. The van der Waals surface area contributed by atoms with E-state index in [1.807, 2.05) is 60.9 Å². The number of rotatable bonds is 7. The number of aromatic nitrogens is 4. The minimum absolute atomic E-state index is 0.0951. The summed E-state index contributed by atoms with van der Waals surface area (Å²) in [5, 5.41) is 13.1. The predicted molar refractivity (Wildman–Crippen MR) is 141 cm³/mol. The van der Waals surface area contributed by atoms with Gasteiger partial charge >= 0.3 is 0 Å². The summed E-state index contributed by atoms with van der Waals surface area (Å²) in [6.07, 6.45) is 9.10. The van der Waals surface area contributed by atoms with Crippen LogP contribution >= 0.6 is 15.9 Å². The number of benzene rings is 2. The average molecular weight is 529 g/mol. The summed E-state index contributed by atoms with van der Waals surface area (Å²) in [5.41, 5.74) is 4.29. The highest BCUT2D eigenvalue weighted by Gasteiger charge is 2.26. The van der Waals surface area contributed by atoms with Crippen LogP contribution in [0.15, 0.2) is 82.5 Å². The highest BCUT2D eigenvalue weighted by molar-refractivity contribution is 9.10. The van der Waals surface area contributed by atoms with Crippen LogP contribution in [0.25, 0.3) is 11.2 Å². The van der Waals surface area contributed by atoms with Gasteiger partial charge in [-0.3, -0.25) is 0 Å². The first-order valence-corrected chi connectivity index (χ1v) is 12.7. The van der Waals surface area contributed by atoms with Crippen molar-refractivity contribution in [3.05, 3.63) is 88.7 Å². The first-order valence-electron chi connectivity index (χ1n) is 11.9. The van der Waals surface area contributed by atoms with Crippen molar-refractivity contribution in [2.24, 2.45) is 10.9 Å². The molecule has 2 heterocycles. The Balaban J connectivity index is 1.49. The third-order valence-corrected chi connectivity index (χ3v) is 6.97. The van der Waals surface area contributed by atoms with Gasteiger partial charge in [0.2, 0.25) is 0 Å². The van der Waals surface area contributed by atoms with Crippen molar-refractivity contribution in [1.82, 2.24) is 19.5 Å². The van der Waals surface area contributed by atoms with Gasteiger partial charge in [0.25, 0.3) is 5.95 Å². The summed E-state index contributed by atoms with van der Waals surface area (Å²) < 4.78 is 3.08. The predicted octanol–water partition coefficient (Wildman–Crippen LogP) is 5.44. The van der Waals surface area contributed by atoms with Crippen LogP contribution in [0.3, 0.4) is 0 Å². The van der Waals surface area contributed by atoms with E-state index in [2.05, 4.69) is 42.9 Å². The van der Waals surface area contributed by atoms with E-state index >= 15 is 0 Å². The summed E-state index contributed by atoms with van der Waals surface area (Å²) in [6.45, 7) is 0.145. The Bertz CT molecular complexity index is 1410. The molecule has 2 aliphatic rings. The molecule has 0 unspecified atom stereocenters. The van der Waals surface area contributed by atoms with Crippen LogP contribution in [-0.2, 0) is 0 Å². The van der Waals surface area contributed by atoms with Crippen molar-refractivity contribution in [2.75, 3.05) is 11.9 Å². The van der Waals surface area contributed by atoms with Gasteiger partial charge in [-0.1, -0.05) is 70.5 Å². The van der Waals surface area contributed by atoms with Crippen LogP contribution in [0, 0.1) is 5.92 Å². The van der Waals surface area contributed by atoms with Crippen LogP contribution in [-0.4, -0.2) is 43.0 Å². The first-order chi connectivity index (χ1) is 17.2. The number of nitrogens with one attached hydrogen (secondary N) is 1. The van der Waals surface area contributed by atoms with E-state index in [4.69, 9.17) is 15.0 Å². The molecular weight excluding hydrogens is 504 g/mol. The molecule has 0 saturated heterocycles. The van der Waals surface area contributed by atoms with E-state index in [9.17, 15) is 5.11 Å². The molecule has 1 saturated carbocycles. The van der Waals surface area contributed by atoms with E-state index in [0.717, 1.165) is 57.6 Å². The highest BCUT2D eigenvalue weighted by Crippen LogP contribution is 2.34. The van der Waals surface area contributed by atoms with Crippen LogP contribution in [0.5, 0.6) is 0 Å². The van der Waals surface area contributed by atoms with Crippen molar-refractivity contribution in [2.45, 2.75) is 31.3 Å². The molecule has 6 rings (SSSR count). The zero-order valence-electron chi connectivity index (χ0n) is 19.0. The molecule has 2 atom stereocenters. The monoisotopic (exact) mass is 528 g/mol. The highest BCUT2D eigenvalue weighted by atomic mass is 79.9. The van der Waals surface area contributed by atoms with E-state index in [1.165, 1.54) is 0 Å². The normalized spacial score (nSPS) is 20.0. The van der Waals surface area contributed by atoms with Crippen LogP contribution in [0.4, 0.5) is 11.8 Å². The lowest BCUT2D eigenvalue weighted by atomic mass is 10.0. The summed E-state index contributed by atoms with van der Waals surface area (Å²) in [7, 11) is 0.